The molecule has 2 aliphatic rings. The number of hydrogen-bond donors (Lipinski definition) is 0. The fraction of sp³-hybridized carbons (Fsp3) is 0.208. The largest absolute Gasteiger partial charge is 0.311 e. The van der Waals surface area contributed by atoms with Gasteiger partial charge in [0.05, 0.1) is 5.69 Å². The summed E-state index contributed by atoms with van der Waals surface area (Å²) in [6, 6.07) is 65.1. The summed E-state index contributed by atoms with van der Waals surface area (Å²) in [5.74, 6) is 0.941. The van der Waals surface area contributed by atoms with Crippen molar-refractivity contribution in [1.82, 2.24) is 0 Å². The molecule has 0 amide bonds. The summed E-state index contributed by atoms with van der Waals surface area (Å²) in [4.78, 5) is 4.82. The minimum absolute atomic E-state index is 0.120. The fourth-order valence-electron chi connectivity index (χ4n) is 9.38. The van der Waals surface area contributed by atoms with Gasteiger partial charge in [-0.3, -0.25) is 0 Å². The Balaban J connectivity index is 1.01. The number of para-hydroxylation sites is 2. The van der Waals surface area contributed by atoms with Gasteiger partial charge in [-0.25, -0.2) is 0 Å². The second-order valence-corrected chi connectivity index (χ2v) is 16.0. The highest BCUT2D eigenvalue weighted by Crippen LogP contribution is 2.54. The van der Waals surface area contributed by atoms with Gasteiger partial charge in [0.1, 0.15) is 0 Å². The quantitative estimate of drug-likeness (QED) is 0.147. The first-order chi connectivity index (χ1) is 27.0. The van der Waals surface area contributed by atoms with Crippen molar-refractivity contribution in [1.29, 1.82) is 0 Å². The Labute approximate surface area is 327 Å². The van der Waals surface area contributed by atoms with Gasteiger partial charge in [0.2, 0.25) is 0 Å². The van der Waals surface area contributed by atoms with Gasteiger partial charge >= 0.3 is 0 Å². The zero-order valence-electron chi connectivity index (χ0n) is 32.3. The van der Waals surface area contributed by atoms with Gasteiger partial charge < -0.3 is 9.80 Å². The second kappa shape index (κ2) is 14.8. The van der Waals surface area contributed by atoms with Crippen molar-refractivity contribution in [2.45, 2.75) is 70.1 Å². The summed E-state index contributed by atoms with van der Waals surface area (Å²) in [6.07, 6.45) is 6.73. The van der Waals surface area contributed by atoms with Gasteiger partial charge in [-0.05, 0) is 124 Å². The van der Waals surface area contributed by atoms with Crippen LogP contribution in [0.3, 0.4) is 0 Å². The van der Waals surface area contributed by atoms with E-state index in [1.807, 2.05) is 0 Å². The zero-order chi connectivity index (χ0) is 37.4. The van der Waals surface area contributed by atoms with Gasteiger partial charge in [-0.2, -0.15) is 0 Å². The molecule has 9 rings (SSSR count). The van der Waals surface area contributed by atoms with E-state index in [0.29, 0.717) is 5.92 Å². The molecule has 0 bridgehead atoms. The molecule has 0 N–H and O–H groups in total. The van der Waals surface area contributed by atoms with Gasteiger partial charge in [0, 0.05) is 39.8 Å². The number of benzene rings is 7. The van der Waals surface area contributed by atoms with E-state index >= 15 is 0 Å². The highest BCUT2D eigenvalue weighted by Gasteiger charge is 2.38. The fourth-order valence-corrected chi connectivity index (χ4v) is 9.38. The van der Waals surface area contributed by atoms with Crippen molar-refractivity contribution in [2.24, 2.45) is 0 Å². The highest BCUT2D eigenvalue weighted by molar-refractivity contribution is 5.90. The van der Waals surface area contributed by atoms with Crippen LogP contribution in [0.1, 0.15) is 92.5 Å². The van der Waals surface area contributed by atoms with E-state index in [-0.39, 0.29) is 11.3 Å². The van der Waals surface area contributed by atoms with Crippen LogP contribution in [-0.4, -0.2) is 0 Å². The molecule has 0 heterocycles. The van der Waals surface area contributed by atoms with Crippen LogP contribution in [0.2, 0.25) is 0 Å². The molecule has 2 aliphatic carbocycles. The van der Waals surface area contributed by atoms with Crippen LogP contribution in [0.4, 0.5) is 34.1 Å². The smallest absolute Gasteiger partial charge is 0.0508 e. The Kier molecular flexibility index (Phi) is 9.36. The number of fused-ring (bicyclic) bond motifs is 3. The second-order valence-electron chi connectivity index (χ2n) is 16.0. The average molecular weight is 715 g/mol. The van der Waals surface area contributed by atoms with Crippen molar-refractivity contribution in [3.05, 3.63) is 204 Å². The Bertz CT molecular complexity index is 2370. The van der Waals surface area contributed by atoms with Crippen molar-refractivity contribution >= 4 is 34.1 Å². The number of hydrogen-bond acceptors (Lipinski definition) is 2. The normalized spacial score (nSPS) is 15.2. The molecule has 1 atom stereocenters. The Morgan fingerprint density at radius 3 is 1.53 bits per heavy atom. The molecular weight excluding hydrogens is 665 g/mol. The van der Waals surface area contributed by atoms with E-state index in [1.54, 1.807) is 0 Å². The van der Waals surface area contributed by atoms with Crippen molar-refractivity contribution in [2.75, 3.05) is 9.80 Å². The lowest BCUT2D eigenvalue weighted by Crippen LogP contribution is -2.20. The molecule has 55 heavy (non-hydrogen) atoms. The number of nitrogens with zero attached hydrogens (tertiary/aromatic N) is 2. The molecule has 1 saturated carbocycles. The monoisotopic (exact) mass is 714 g/mol. The molecule has 7 aromatic carbocycles. The molecule has 7 aromatic rings. The van der Waals surface area contributed by atoms with Crippen molar-refractivity contribution in [3.8, 4) is 11.1 Å². The maximum atomic E-state index is 2.44. The molecule has 272 valence electrons. The lowest BCUT2D eigenvalue weighted by Gasteiger charge is -2.32. The summed E-state index contributed by atoms with van der Waals surface area (Å²) in [5.41, 5.74) is 16.5. The summed E-state index contributed by atoms with van der Waals surface area (Å²) in [5, 5.41) is 0. The van der Waals surface area contributed by atoms with Crippen LogP contribution in [0.15, 0.2) is 176 Å². The Hall–Kier alpha value is -5.86. The topological polar surface area (TPSA) is 6.48 Å². The van der Waals surface area contributed by atoms with Gasteiger partial charge in [-0.15, -0.1) is 0 Å². The summed E-state index contributed by atoms with van der Waals surface area (Å²) < 4.78 is 0. The summed E-state index contributed by atoms with van der Waals surface area (Å²) in [7, 11) is 0. The van der Waals surface area contributed by atoms with E-state index < -0.39 is 0 Å². The van der Waals surface area contributed by atoms with E-state index in [2.05, 4.69) is 206 Å². The molecule has 1 unspecified atom stereocenters. The van der Waals surface area contributed by atoms with Gasteiger partial charge in [0.15, 0.2) is 0 Å². The molecule has 0 aliphatic heterocycles. The number of rotatable bonds is 9. The van der Waals surface area contributed by atoms with Crippen LogP contribution < -0.4 is 9.80 Å². The summed E-state index contributed by atoms with van der Waals surface area (Å²) in [6.45, 7) is 7.06. The van der Waals surface area contributed by atoms with E-state index in [4.69, 9.17) is 0 Å². The molecule has 1 fully saturated rings. The van der Waals surface area contributed by atoms with E-state index in [1.165, 1.54) is 93.8 Å². The van der Waals surface area contributed by atoms with Crippen LogP contribution in [0, 0.1) is 0 Å². The summed E-state index contributed by atoms with van der Waals surface area (Å²) >= 11 is 0. The third kappa shape index (κ3) is 6.54. The van der Waals surface area contributed by atoms with Crippen LogP contribution in [0.25, 0.3) is 11.1 Å². The third-order valence-corrected chi connectivity index (χ3v) is 12.4. The molecule has 2 heteroatoms. The molecule has 2 nitrogen and oxygen atoms in total. The molecular formula is C53H50N2. The molecule has 0 spiro atoms. The molecule has 0 aromatic heterocycles. The maximum Gasteiger partial charge on any atom is 0.0508 e. The van der Waals surface area contributed by atoms with Gasteiger partial charge in [-0.1, -0.05) is 149 Å². The van der Waals surface area contributed by atoms with Crippen molar-refractivity contribution < 1.29 is 0 Å². The minimum Gasteiger partial charge on any atom is -0.311 e. The molecule has 0 saturated heterocycles. The van der Waals surface area contributed by atoms with Crippen molar-refractivity contribution in [3.63, 3.8) is 0 Å². The Morgan fingerprint density at radius 1 is 0.455 bits per heavy atom. The van der Waals surface area contributed by atoms with Crippen LogP contribution >= 0.6 is 0 Å². The standard InChI is InChI=1S/C53H50N2/c1-38(39-26-32-45(33-27-39)54(43-18-9-5-10-19-43)46-36-30-42(31-37-46)41-16-7-4-8-17-41)40-28-34-47(35-29-40)55(44-20-11-6-12-21-44)51-25-15-23-49-48-22-13-14-24-50(48)53(2,3)52(49)51/h5-6,9-15,18-38,41H,4,7-8,16-17H2,1-3H3. The number of anilines is 6. The first-order valence-electron chi connectivity index (χ1n) is 20.2. The predicted molar refractivity (Wildman–Crippen MR) is 233 cm³/mol. The SMILES string of the molecule is CC(c1ccc(N(c2ccccc2)c2ccc(C3CCCCC3)cc2)cc1)c1ccc(N(c2ccccc2)c2cccc3c2C(C)(C)c2ccccc2-3)cc1. The first-order valence-corrected chi connectivity index (χ1v) is 20.2. The lowest BCUT2D eigenvalue weighted by atomic mass is 9.81. The Morgan fingerprint density at radius 2 is 0.927 bits per heavy atom. The highest BCUT2D eigenvalue weighted by atomic mass is 15.1. The predicted octanol–water partition coefficient (Wildman–Crippen LogP) is 15.1. The lowest BCUT2D eigenvalue weighted by molar-refractivity contribution is 0.443. The van der Waals surface area contributed by atoms with E-state index in [9.17, 15) is 0 Å². The van der Waals surface area contributed by atoms with Crippen LogP contribution in [-0.2, 0) is 5.41 Å². The van der Waals surface area contributed by atoms with Gasteiger partial charge in [0.25, 0.3) is 0 Å². The minimum atomic E-state index is -0.120. The zero-order valence-corrected chi connectivity index (χ0v) is 32.3. The average Bonchev–Trinajstić information content (AvgIpc) is 3.49. The third-order valence-electron chi connectivity index (χ3n) is 12.4. The first kappa shape index (κ1) is 34.9. The van der Waals surface area contributed by atoms with Crippen LogP contribution in [0.5, 0.6) is 0 Å². The molecule has 0 radical (unpaired) electrons. The van der Waals surface area contributed by atoms with E-state index in [0.717, 1.165) is 11.4 Å². The maximum absolute atomic E-state index is 2.44.